The van der Waals surface area contributed by atoms with Crippen LogP contribution in [0.4, 0.5) is 0 Å². The van der Waals surface area contributed by atoms with Crippen molar-refractivity contribution in [3.8, 4) is 11.8 Å². The number of carbonyl (C=O) groups is 1. The molecule has 4 nitrogen and oxygen atoms in total. The number of rotatable bonds is 2. The fourth-order valence-corrected chi connectivity index (χ4v) is 0.940. The number of nitrogens with zero attached hydrogens (tertiary/aromatic N) is 2. The molecule has 0 unspecified atom stereocenters. The number of hydrogen-bond donors (Lipinski definition) is 1. The normalized spacial score (nSPS) is 8.93. The lowest BCUT2D eigenvalue weighted by atomic mass is 10.3. The summed E-state index contributed by atoms with van der Waals surface area (Å²) in [4.78, 5) is 18.1. The minimum atomic E-state index is -0.0494. The van der Waals surface area contributed by atoms with E-state index in [1.165, 1.54) is 6.92 Å². The maximum Gasteiger partial charge on any atom is 0.222 e. The molecule has 0 saturated carbocycles. The molecule has 0 atom stereocenters. The van der Waals surface area contributed by atoms with Crippen LogP contribution in [0.1, 0.15) is 18.9 Å². The smallest absolute Gasteiger partial charge is 0.222 e. The monoisotopic (exact) mass is 223 g/mol. The highest BCUT2D eigenvalue weighted by molar-refractivity contribution is 6.28. The lowest BCUT2D eigenvalue weighted by Gasteiger charge is -1.94. The van der Waals surface area contributed by atoms with Crippen molar-refractivity contribution in [2.45, 2.75) is 13.3 Å². The third kappa shape index (κ3) is 4.99. The predicted octanol–water partition coefficient (Wildman–Crippen LogP) is 1.01. The average Bonchev–Trinajstić information content (AvgIpc) is 2.20. The van der Waals surface area contributed by atoms with Crippen LogP contribution in [-0.4, -0.2) is 22.4 Å². The van der Waals surface area contributed by atoms with Gasteiger partial charge in [-0.3, -0.25) is 4.79 Å². The zero-order valence-electron chi connectivity index (χ0n) is 8.25. The lowest BCUT2D eigenvalue weighted by Crippen LogP contribution is -2.20. The van der Waals surface area contributed by atoms with Gasteiger partial charge in [0.15, 0.2) is 0 Å². The molecule has 15 heavy (non-hydrogen) atoms. The highest BCUT2D eigenvalue weighted by atomic mass is 35.5. The molecule has 1 amide bonds. The number of carbonyl (C=O) groups excluding carboxylic acids is 1. The molecule has 1 aromatic rings. The van der Waals surface area contributed by atoms with Gasteiger partial charge in [0.2, 0.25) is 11.2 Å². The van der Waals surface area contributed by atoms with Crippen molar-refractivity contribution in [1.82, 2.24) is 15.3 Å². The van der Waals surface area contributed by atoms with Crippen LogP contribution in [-0.2, 0) is 4.79 Å². The maximum atomic E-state index is 10.5. The van der Waals surface area contributed by atoms with Gasteiger partial charge in [-0.05, 0) is 11.6 Å². The summed E-state index contributed by atoms with van der Waals surface area (Å²) < 4.78 is 0. The molecule has 1 rings (SSSR count). The molecule has 1 N–H and O–H groups in total. The minimum absolute atomic E-state index is 0.0494. The van der Waals surface area contributed by atoms with Gasteiger partial charge in [-0.25, -0.2) is 9.97 Å². The van der Waals surface area contributed by atoms with Crippen LogP contribution in [0.15, 0.2) is 12.4 Å². The maximum absolute atomic E-state index is 10.5. The van der Waals surface area contributed by atoms with Gasteiger partial charge in [0, 0.05) is 32.3 Å². The SMILES string of the molecule is CC(=O)NCCC#Cc1cnc(Cl)nc1. The number of halogens is 1. The van der Waals surface area contributed by atoms with Crippen LogP contribution in [0.3, 0.4) is 0 Å². The summed E-state index contributed by atoms with van der Waals surface area (Å²) in [5.41, 5.74) is 0.710. The number of amides is 1. The zero-order chi connectivity index (χ0) is 11.1. The first kappa shape index (κ1) is 11.5. The highest BCUT2D eigenvalue weighted by Crippen LogP contribution is 1.98. The lowest BCUT2D eigenvalue weighted by molar-refractivity contribution is -0.118. The summed E-state index contributed by atoms with van der Waals surface area (Å²) in [6, 6.07) is 0. The Hall–Kier alpha value is -1.60. The van der Waals surface area contributed by atoms with Crippen molar-refractivity contribution >= 4 is 17.5 Å². The van der Waals surface area contributed by atoms with Crippen molar-refractivity contribution in [2.24, 2.45) is 0 Å². The molecule has 0 aromatic carbocycles. The van der Waals surface area contributed by atoms with E-state index in [0.29, 0.717) is 18.5 Å². The fraction of sp³-hybridized carbons (Fsp3) is 0.300. The second-order valence-corrected chi connectivity index (χ2v) is 3.11. The molecule has 0 aliphatic carbocycles. The largest absolute Gasteiger partial charge is 0.355 e. The molecule has 0 spiro atoms. The van der Waals surface area contributed by atoms with Crippen molar-refractivity contribution in [3.63, 3.8) is 0 Å². The third-order valence-electron chi connectivity index (χ3n) is 1.48. The van der Waals surface area contributed by atoms with Gasteiger partial charge in [-0.2, -0.15) is 0 Å². The fourth-order valence-electron chi connectivity index (χ4n) is 0.842. The standard InChI is InChI=1S/C10H10ClN3O/c1-8(15)12-5-3-2-4-9-6-13-10(11)14-7-9/h6-7H,3,5H2,1H3,(H,12,15). The molecule has 1 heterocycles. The Balaban J connectivity index is 2.38. The second-order valence-electron chi connectivity index (χ2n) is 2.78. The van der Waals surface area contributed by atoms with E-state index in [1.54, 1.807) is 12.4 Å². The van der Waals surface area contributed by atoms with Gasteiger partial charge >= 0.3 is 0 Å². The van der Waals surface area contributed by atoms with Gasteiger partial charge < -0.3 is 5.32 Å². The Morgan fingerprint density at radius 3 is 2.80 bits per heavy atom. The topological polar surface area (TPSA) is 54.9 Å². The summed E-state index contributed by atoms with van der Waals surface area (Å²) in [5.74, 6) is 5.70. The summed E-state index contributed by atoms with van der Waals surface area (Å²) in [7, 11) is 0. The van der Waals surface area contributed by atoms with Crippen LogP contribution < -0.4 is 5.32 Å². The molecule has 0 radical (unpaired) electrons. The average molecular weight is 224 g/mol. The van der Waals surface area contributed by atoms with E-state index in [-0.39, 0.29) is 11.2 Å². The minimum Gasteiger partial charge on any atom is -0.355 e. The van der Waals surface area contributed by atoms with E-state index in [4.69, 9.17) is 11.6 Å². The van der Waals surface area contributed by atoms with Crippen LogP contribution in [0.2, 0.25) is 5.28 Å². The highest BCUT2D eigenvalue weighted by Gasteiger charge is 1.90. The van der Waals surface area contributed by atoms with Crippen LogP contribution >= 0.6 is 11.6 Å². The summed E-state index contributed by atoms with van der Waals surface area (Å²) >= 11 is 5.51. The number of aromatic nitrogens is 2. The first-order chi connectivity index (χ1) is 7.18. The van der Waals surface area contributed by atoms with Crippen LogP contribution in [0, 0.1) is 11.8 Å². The van der Waals surface area contributed by atoms with Crippen LogP contribution in [0.25, 0.3) is 0 Å². The number of nitrogens with one attached hydrogen (secondary N) is 1. The molecule has 0 aliphatic heterocycles. The molecule has 5 heteroatoms. The van der Waals surface area contributed by atoms with Crippen molar-refractivity contribution in [2.75, 3.05) is 6.54 Å². The molecular formula is C10H10ClN3O. The molecule has 0 bridgehead atoms. The molecule has 78 valence electrons. The second kappa shape index (κ2) is 5.99. The van der Waals surface area contributed by atoms with Crippen molar-refractivity contribution < 1.29 is 4.79 Å². The Bertz CT molecular complexity index is 391. The summed E-state index contributed by atoms with van der Waals surface area (Å²) in [6.07, 6.45) is 3.71. The first-order valence-corrected chi connectivity index (χ1v) is 4.77. The predicted molar refractivity (Wildman–Crippen MR) is 57.2 cm³/mol. The molecule has 1 aromatic heterocycles. The van der Waals surface area contributed by atoms with Gasteiger partial charge in [0.25, 0.3) is 0 Å². The van der Waals surface area contributed by atoms with E-state index in [9.17, 15) is 4.79 Å². The van der Waals surface area contributed by atoms with Gasteiger partial charge in [0.05, 0.1) is 5.56 Å². The first-order valence-electron chi connectivity index (χ1n) is 4.39. The van der Waals surface area contributed by atoms with E-state index in [1.807, 2.05) is 0 Å². The Morgan fingerprint density at radius 2 is 2.20 bits per heavy atom. The molecule has 0 fully saturated rings. The van der Waals surface area contributed by atoms with E-state index in [2.05, 4.69) is 27.1 Å². The summed E-state index contributed by atoms with van der Waals surface area (Å²) in [6.45, 7) is 2.03. The van der Waals surface area contributed by atoms with Crippen molar-refractivity contribution in [3.05, 3.63) is 23.2 Å². The Kier molecular flexibility index (Phi) is 4.58. The Morgan fingerprint density at radius 1 is 1.53 bits per heavy atom. The van der Waals surface area contributed by atoms with E-state index in [0.717, 1.165) is 0 Å². The Labute approximate surface area is 93.1 Å². The van der Waals surface area contributed by atoms with Gasteiger partial charge in [0.1, 0.15) is 0 Å². The number of hydrogen-bond acceptors (Lipinski definition) is 3. The van der Waals surface area contributed by atoms with Crippen LogP contribution in [0.5, 0.6) is 0 Å². The van der Waals surface area contributed by atoms with Crippen molar-refractivity contribution in [1.29, 1.82) is 0 Å². The van der Waals surface area contributed by atoms with Gasteiger partial charge in [-0.1, -0.05) is 11.8 Å². The molecular weight excluding hydrogens is 214 g/mol. The van der Waals surface area contributed by atoms with E-state index < -0.39 is 0 Å². The van der Waals surface area contributed by atoms with Gasteiger partial charge in [-0.15, -0.1) is 0 Å². The third-order valence-corrected chi connectivity index (χ3v) is 1.67. The summed E-state index contributed by atoms with van der Waals surface area (Å²) in [5, 5.41) is 2.85. The quantitative estimate of drug-likeness (QED) is 0.463. The molecule has 0 saturated heterocycles. The zero-order valence-corrected chi connectivity index (χ0v) is 9.01. The van der Waals surface area contributed by atoms with E-state index >= 15 is 0 Å². The molecule has 0 aliphatic rings.